The fourth-order valence-corrected chi connectivity index (χ4v) is 2.18. The second kappa shape index (κ2) is 8.61. The third-order valence-corrected chi connectivity index (χ3v) is 3.60. The summed E-state index contributed by atoms with van der Waals surface area (Å²) in [5.41, 5.74) is 1.34. The molecule has 2 aromatic carbocycles. The average Bonchev–Trinajstić information content (AvgIpc) is 2.66. The maximum atomic E-state index is 12.0. The van der Waals surface area contributed by atoms with Crippen molar-refractivity contribution in [3.63, 3.8) is 0 Å². The second-order valence-corrected chi connectivity index (χ2v) is 5.32. The van der Waals surface area contributed by atoms with E-state index in [0.29, 0.717) is 5.56 Å². The SMILES string of the molecule is CCc1ccc(C(=O)OCC(=O)Nc2cc([N+](=O)[O-])ccc2OC)cc1. The normalized spacial score (nSPS) is 10.1. The smallest absolute Gasteiger partial charge is 0.338 e. The summed E-state index contributed by atoms with van der Waals surface area (Å²) >= 11 is 0. The summed E-state index contributed by atoms with van der Waals surface area (Å²) in [4.78, 5) is 34.2. The summed E-state index contributed by atoms with van der Waals surface area (Å²) in [6.45, 7) is 1.47. The Morgan fingerprint density at radius 3 is 2.42 bits per heavy atom. The van der Waals surface area contributed by atoms with E-state index in [1.165, 1.54) is 25.3 Å². The first kappa shape index (κ1) is 18.9. The summed E-state index contributed by atoms with van der Waals surface area (Å²) in [5, 5.41) is 13.3. The second-order valence-electron chi connectivity index (χ2n) is 5.32. The maximum Gasteiger partial charge on any atom is 0.338 e. The first-order valence-electron chi connectivity index (χ1n) is 7.83. The van der Waals surface area contributed by atoms with Crippen LogP contribution in [0.4, 0.5) is 11.4 Å². The van der Waals surface area contributed by atoms with Crippen LogP contribution in [0.5, 0.6) is 5.75 Å². The Balaban J connectivity index is 1.98. The number of amides is 1. The number of nitro groups is 1. The quantitative estimate of drug-likeness (QED) is 0.463. The minimum Gasteiger partial charge on any atom is -0.495 e. The van der Waals surface area contributed by atoms with E-state index in [0.717, 1.165) is 12.0 Å². The molecule has 0 radical (unpaired) electrons. The highest BCUT2D eigenvalue weighted by atomic mass is 16.6. The van der Waals surface area contributed by atoms with Crippen molar-refractivity contribution < 1.29 is 24.0 Å². The third kappa shape index (κ3) is 4.79. The zero-order valence-corrected chi connectivity index (χ0v) is 14.4. The van der Waals surface area contributed by atoms with Crippen LogP contribution in [-0.2, 0) is 16.0 Å². The number of methoxy groups -OCH3 is 1. The largest absolute Gasteiger partial charge is 0.495 e. The van der Waals surface area contributed by atoms with Crippen molar-refractivity contribution in [2.45, 2.75) is 13.3 Å². The topological polar surface area (TPSA) is 108 Å². The third-order valence-electron chi connectivity index (χ3n) is 3.60. The lowest BCUT2D eigenvalue weighted by molar-refractivity contribution is -0.384. The van der Waals surface area contributed by atoms with Crippen molar-refractivity contribution in [1.29, 1.82) is 0 Å². The molecule has 26 heavy (non-hydrogen) atoms. The molecular weight excluding hydrogens is 340 g/mol. The maximum absolute atomic E-state index is 12.0. The molecule has 0 atom stereocenters. The van der Waals surface area contributed by atoms with Crippen LogP contribution in [0, 0.1) is 10.1 Å². The molecule has 2 aromatic rings. The number of rotatable bonds is 7. The zero-order valence-electron chi connectivity index (χ0n) is 14.4. The van der Waals surface area contributed by atoms with E-state index in [1.807, 2.05) is 19.1 Å². The molecule has 0 fully saturated rings. The molecule has 2 rings (SSSR count). The molecule has 0 aliphatic rings. The highest BCUT2D eigenvalue weighted by molar-refractivity contribution is 5.96. The number of nitrogens with one attached hydrogen (secondary N) is 1. The molecule has 0 aliphatic carbocycles. The number of hydrogen-bond acceptors (Lipinski definition) is 6. The molecule has 1 amide bonds. The lowest BCUT2D eigenvalue weighted by Crippen LogP contribution is -2.21. The van der Waals surface area contributed by atoms with Gasteiger partial charge in [0, 0.05) is 12.1 Å². The number of ether oxygens (including phenoxy) is 2. The Kier molecular flexibility index (Phi) is 6.26. The van der Waals surface area contributed by atoms with E-state index < -0.39 is 23.4 Å². The van der Waals surface area contributed by atoms with Gasteiger partial charge in [-0.25, -0.2) is 4.79 Å². The number of hydrogen-bond donors (Lipinski definition) is 1. The Bertz CT molecular complexity index is 817. The Morgan fingerprint density at radius 1 is 1.15 bits per heavy atom. The molecule has 0 heterocycles. The lowest BCUT2D eigenvalue weighted by Gasteiger charge is -2.10. The molecule has 0 bridgehead atoms. The van der Waals surface area contributed by atoms with Crippen LogP contribution in [0.25, 0.3) is 0 Å². The monoisotopic (exact) mass is 358 g/mol. The predicted octanol–water partition coefficient (Wildman–Crippen LogP) is 2.96. The summed E-state index contributed by atoms with van der Waals surface area (Å²) in [7, 11) is 1.37. The number of nitro benzene ring substituents is 1. The molecular formula is C18H18N2O6. The summed E-state index contributed by atoms with van der Waals surface area (Å²) in [6, 6.07) is 10.7. The van der Waals surface area contributed by atoms with Crippen LogP contribution in [0.1, 0.15) is 22.8 Å². The van der Waals surface area contributed by atoms with Crippen LogP contribution >= 0.6 is 0 Å². The van der Waals surface area contributed by atoms with Crippen LogP contribution in [-0.4, -0.2) is 30.5 Å². The minimum absolute atomic E-state index is 0.120. The van der Waals surface area contributed by atoms with E-state index in [4.69, 9.17) is 9.47 Å². The fraction of sp³-hybridized carbons (Fsp3) is 0.222. The van der Waals surface area contributed by atoms with E-state index in [1.54, 1.807) is 12.1 Å². The first-order chi connectivity index (χ1) is 12.4. The van der Waals surface area contributed by atoms with Crippen LogP contribution in [0.2, 0.25) is 0 Å². The van der Waals surface area contributed by atoms with Gasteiger partial charge in [0.05, 0.1) is 23.3 Å². The zero-order chi connectivity index (χ0) is 19.1. The highest BCUT2D eigenvalue weighted by Crippen LogP contribution is 2.28. The van der Waals surface area contributed by atoms with Gasteiger partial charge in [0.1, 0.15) is 5.75 Å². The van der Waals surface area contributed by atoms with Gasteiger partial charge in [-0.2, -0.15) is 0 Å². The molecule has 0 spiro atoms. The van der Waals surface area contributed by atoms with Gasteiger partial charge in [0.15, 0.2) is 6.61 Å². The molecule has 1 N–H and O–H groups in total. The standard InChI is InChI=1S/C18H18N2O6/c1-3-12-4-6-13(7-5-12)18(22)26-11-17(21)19-15-10-14(20(23)24)8-9-16(15)25-2/h4-10H,3,11H2,1-2H3,(H,19,21). The number of benzene rings is 2. The number of aryl methyl sites for hydroxylation is 1. The van der Waals surface area contributed by atoms with Gasteiger partial charge >= 0.3 is 5.97 Å². The van der Waals surface area contributed by atoms with Gasteiger partial charge in [-0.3, -0.25) is 14.9 Å². The molecule has 136 valence electrons. The van der Waals surface area contributed by atoms with Gasteiger partial charge in [-0.15, -0.1) is 0 Å². The number of nitrogens with zero attached hydrogens (tertiary/aromatic N) is 1. The highest BCUT2D eigenvalue weighted by Gasteiger charge is 2.15. The summed E-state index contributed by atoms with van der Waals surface area (Å²) in [6.07, 6.45) is 0.850. The van der Waals surface area contributed by atoms with Crippen molar-refractivity contribution >= 4 is 23.3 Å². The molecule has 8 heteroatoms. The minimum atomic E-state index is -0.637. The van der Waals surface area contributed by atoms with Gasteiger partial charge in [0.2, 0.25) is 0 Å². The molecule has 0 aliphatic heterocycles. The molecule has 0 unspecified atom stereocenters. The van der Waals surface area contributed by atoms with Crippen molar-refractivity contribution in [3.8, 4) is 5.75 Å². The predicted molar refractivity (Wildman–Crippen MR) is 94.4 cm³/mol. The van der Waals surface area contributed by atoms with Gasteiger partial charge in [0.25, 0.3) is 11.6 Å². The number of anilines is 1. The molecule has 0 saturated carbocycles. The Labute approximate surface area is 149 Å². The fourth-order valence-electron chi connectivity index (χ4n) is 2.18. The van der Waals surface area contributed by atoms with Crippen molar-refractivity contribution in [1.82, 2.24) is 0 Å². The lowest BCUT2D eigenvalue weighted by atomic mass is 10.1. The van der Waals surface area contributed by atoms with Crippen molar-refractivity contribution in [2.75, 3.05) is 19.0 Å². The molecule has 0 aromatic heterocycles. The van der Waals surface area contributed by atoms with Crippen LogP contribution in [0.15, 0.2) is 42.5 Å². The number of carbonyl (C=O) groups excluding carboxylic acids is 2. The number of non-ortho nitro benzene ring substituents is 1. The van der Waals surface area contributed by atoms with Crippen LogP contribution in [0.3, 0.4) is 0 Å². The number of carbonyl (C=O) groups is 2. The van der Waals surface area contributed by atoms with E-state index in [2.05, 4.69) is 5.32 Å². The summed E-state index contributed by atoms with van der Waals surface area (Å²) in [5.74, 6) is -1.01. The average molecular weight is 358 g/mol. The van der Waals surface area contributed by atoms with Gasteiger partial charge < -0.3 is 14.8 Å². The van der Waals surface area contributed by atoms with Gasteiger partial charge in [-0.1, -0.05) is 19.1 Å². The van der Waals surface area contributed by atoms with E-state index >= 15 is 0 Å². The van der Waals surface area contributed by atoms with E-state index in [9.17, 15) is 19.7 Å². The van der Waals surface area contributed by atoms with E-state index in [-0.39, 0.29) is 17.1 Å². The molecule has 8 nitrogen and oxygen atoms in total. The molecule has 0 saturated heterocycles. The van der Waals surface area contributed by atoms with Gasteiger partial charge in [-0.05, 0) is 30.2 Å². The first-order valence-corrected chi connectivity index (χ1v) is 7.83. The Hall–Kier alpha value is -3.42. The van der Waals surface area contributed by atoms with Crippen molar-refractivity contribution in [2.24, 2.45) is 0 Å². The summed E-state index contributed by atoms with van der Waals surface area (Å²) < 4.78 is 10.0. The van der Waals surface area contributed by atoms with Crippen molar-refractivity contribution in [3.05, 3.63) is 63.7 Å². The van der Waals surface area contributed by atoms with Crippen LogP contribution < -0.4 is 10.1 Å². The number of esters is 1. The Morgan fingerprint density at radius 2 is 1.85 bits per heavy atom.